The zero-order valence-electron chi connectivity index (χ0n) is 17.4. The fraction of sp³-hybridized carbons (Fsp3) is 0.200. The highest BCUT2D eigenvalue weighted by Gasteiger charge is 2.22. The van der Waals surface area contributed by atoms with Gasteiger partial charge in [0.25, 0.3) is 5.91 Å². The molecular formula is C25H22ClFN2OS. The van der Waals surface area contributed by atoms with E-state index in [-0.39, 0.29) is 5.91 Å². The van der Waals surface area contributed by atoms with E-state index in [1.807, 2.05) is 43.4 Å². The van der Waals surface area contributed by atoms with Crippen molar-refractivity contribution in [3.63, 3.8) is 0 Å². The van der Waals surface area contributed by atoms with Crippen molar-refractivity contribution in [3.8, 4) is 0 Å². The van der Waals surface area contributed by atoms with Crippen molar-refractivity contribution in [2.75, 3.05) is 13.6 Å². The summed E-state index contributed by atoms with van der Waals surface area (Å²) in [4.78, 5) is 21.4. The first-order chi connectivity index (χ1) is 15.0. The van der Waals surface area contributed by atoms with Gasteiger partial charge >= 0.3 is 0 Å². The van der Waals surface area contributed by atoms with Crippen molar-refractivity contribution in [2.24, 2.45) is 4.99 Å². The van der Waals surface area contributed by atoms with Gasteiger partial charge in [-0.2, -0.15) is 0 Å². The average Bonchev–Trinajstić information content (AvgIpc) is 2.93. The van der Waals surface area contributed by atoms with Crippen LogP contribution in [0.5, 0.6) is 0 Å². The van der Waals surface area contributed by atoms with Gasteiger partial charge in [0.1, 0.15) is 5.82 Å². The lowest BCUT2D eigenvalue weighted by Crippen LogP contribution is -2.27. The summed E-state index contributed by atoms with van der Waals surface area (Å²) in [7, 11) is 1.81. The molecule has 1 aliphatic rings. The molecule has 0 fully saturated rings. The van der Waals surface area contributed by atoms with E-state index in [1.54, 1.807) is 34.9 Å². The van der Waals surface area contributed by atoms with E-state index >= 15 is 0 Å². The summed E-state index contributed by atoms with van der Waals surface area (Å²) in [5, 5.41) is 0.335. The standard InChI is InChI=1S/C25H22ClFN2OS/c1-3-4-13-29(2)25(30)16-9-12-23-21(14-16)28-24(18-11-10-17(26)15-20(18)27)19-7-5-6-8-22(19)31-23/h5-12,14-15H,3-4,13H2,1-2H3. The molecule has 3 nitrogen and oxygen atoms in total. The molecule has 0 atom stereocenters. The third kappa shape index (κ3) is 4.53. The van der Waals surface area contributed by atoms with Crippen molar-refractivity contribution in [2.45, 2.75) is 29.6 Å². The molecule has 3 aromatic rings. The van der Waals surface area contributed by atoms with Gasteiger partial charge in [0, 0.05) is 45.1 Å². The van der Waals surface area contributed by atoms with Gasteiger partial charge < -0.3 is 4.90 Å². The lowest BCUT2D eigenvalue weighted by Gasteiger charge is -2.17. The van der Waals surface area contributed by atoms with Gasteiger partial charge in [-0.25, -0.2) is 9.38 Å². The molecule has 158 valence electrons. The molecule has 0 N–H and O–H groups in total. The second-order valence-electron chi connectivity index (χ2n) is 7.45. The Morgan fingerprint density at radius 2 is 1.87 bits per heavy atom. The molecule has 6 heteroatoms. The topological polar surface area (TPSA) is 32.7 Å². The van der Waals surface area contributed by atoms with E-state index in [0.29, 0.717) is 34.1 Å². The summed E-state index contributed by atoms with van der Waals surface area (Å²) < 4.78 is 14.8. The lowest BCUT2D eigenvalue weighted by atomic mass is 10.0. The number of rotatable bonds is 5. The van der Waals surface area contributed by atoms with Crippen molar-refractivity contribution >= 4 is 40.7 Å². The molecule has 0 aromatic heterocycles. The predicted octanol–water partition coefficient (Wildman–Crippen LogP) is 6.98. The maximum Gasteiger partial charge on any atom is 0.253 e. The van der Waals surface area contributed by atoms with Crippen LogP contribution in [0.3, 0.4) is 0 Å². The quantitative estimate of drug-likeness (QED) is 0.327. The fourth-order valence-corrected chi connectivity index (χ4v) is 4.64. The lowest BCUT2D eigenvalue weighted by molar-refractivity contribution is 0.0793. The van der Waals surface area contributed by atoms with Crippen LogP contribution in [-0.2, 0) is 0 Å². The summed E-state index contributed by atoms with van der Waals surface area (Å²) in [5.41, 5.74) is 2.98. The zero-order valence-corrected chi connectivity index (χ0v) is 18.9. The Morgan fingerprint density at radius 3 is 2.65 bits per heavy atom. The molecule has 0 spiro atoms. The first kappa shape index (κ1) is 21.6. The van der Waals surface area contributed by atoms with Crippen LogP contribution in [-0.4, -0.2) is 30.1 Å². The highest BCUT2D eigenvalue weighted by molar-refractivity contribution is 7.99. The first-order valence-electron chi connectivity index (χ1n) is 10.2. The van der Waals surface area contributed by atoms with Crippen molar-refractivity contribution in [3.05, 3.63) is 88.2 Å². The number of unbranched alkanes of at least 4 members (excludes halogenated alkanes) is 1. The minimum atomic E-state index is -0.430. The summed E-state index contributed by atoms with van der Waals surface area (Å²) in [6.07, 6.45) is 1.98. The number of aliphatic imine (C=N–C) groups is 1. The number of carbonyl (C=O) groups excluding carboxylic acids is 1. The van der Waals surface area contributed by atoms with Crippen LogP contribution in [0.25, 0.3) is 0 Å². The third-order valence-electron chi connectivity index (χ3n) is 5.18. The van der Waals surface area contributed by atoms with Crippen LogP contribution in [0.2, 0.25) is 5.02 Å². The van der Waals surface area contributed by atoms with Crippen LogP contribution in [0.4, 0.5) is 10.1 Å². The number of halogens is 2. The zero-order chi connectivity index (χ0) is 22.0. The van der Waals surface area contributed by atoms with Crippen molar-refractivity contribution < 1.29 is 9.18 Å². The Bertz CT molecular complexity index is 1180. The highest BCUT2D eigenvalue weighted by Crippen LogP contribution is 2.42. The Hall–Kier alpha value is -2.63. The first-order valence-corrected chi connectivity index (χ1v) is 11.4. The smallest absolute Gasteiger partial charge is 0.253 e. The van der Waals surface area contributed by atoms with Gasteiger partial charge in [0.15, 0.2) is 0 Å². The van der Waals surface area contributed by atoms with E-state index in [2.05, 4.69) is 6.92 Å². The third-order valence-corrected chi connectivity index (χ3v) is 6.56. The summed E-state index contributed by atoms with van der Waals surface area (Å²) >= 11 is 7.53. The van der Waals surface area contributed by atoms with Crippen LogP contribution in [0, 0.1) is 5.82 Å². The minimum absolute atomic E-state index is 0.0440. The molecule has 0 aliphatic carbocycles. The molecule has 1 aliphatic heterocycles. The maximum atomic E-state index is 14.8. The number of benzene rings is 3. The number of hydrogen-bond acceptors (Lipinski definition) is 3. The molecule has 3 aromatic carbocycles. The summed E-state index contributed by atoms with van der Waals surface area (Å²) in [6, 6.07) is 18.0. The predicted molar refractivity (Wildman–Crippen MR) is 126 cm³/mol. The van der Waals surface area contributed by atoms with Gasteiger partial charge in [-0.05, 0) is 48.9 Å². The van der Waals surface area contributed by atoms with E-state index in [9.17, 15) is 9.18 Å². The monoisotopic (exact) mass is 452 g/mol. The molecular weight excluding hydrogens is 431 g/mol. The van der Waals surface area contributed by atoms with E-state index in [4.69, 9.17) is 16.6 Å². The Morgan fingerprint density at radius 1 is 1.06 bits per heavy atom. The maximum absolute atomic E-state index is 14.8. The minimum Gasteiger partial charge on any atom is -0.342 e. The van der Waals surface area contributed by atoms with Crippen LogP contribution < -0.4 is 0 Å². The molecule has 4 rings (SSSR count). The number of carbonyl (C=O) groups is 1. The Balaban J connectivity index is 1.83. The number of fused-ring (bicyclic) bond motifs is 2. The summed E-state index contributed by atoms with van der Waals surface area (Å²) in [5.74, 6) is -0.474. The Labute approximate surface area is 191 Å². The number of amides is 1. The van der Waals surface area contributed by atoms with Crippen LogP contribution >= 0.6 is 23.4 Å². The largest absolute Gasteiger partial charge is 0.342 e. The fourth-order valence-electron chi connectivity index (χ4n) is 3.48. The van der Waals surface area contributed by atoms with Crippen LogP contribution in [0.15, 0.2) is 75.4 Å². The highest BCUT2D eigenvalue weighted by atomic mass is 35.5. The number of nitrogens with zero attached hydrogens (tertiary/aromatic N) is 2. The van der Waals surface area contributed by atoms with Crippen molar-refractivity contribution in [1.82, 2.24) is 4.90 Å². The molecule has 1 amide bonds. The van der Waals surface area contributed by atoms with Gasteiger partial charge in [0.05, 0.1) is 11.4 Å². The summed E-state index contributed by atoms with van der Waals surface area (Å²) in [6.45, 7) is 2.80. The molecule has 31 heavy (non-hydrogen) atoms. The Kier molecular flexibility index (Phi) is 6.44. The number of hydrogen-bond donors (Lipinski definition) is 0. The molecule has 0 saturated heterocycles. The molecule has 1 heterocycles. The van der Waals surface area contributed by atoms with E-state index in [1.165, 1.54) is 6.07 Å². The van der Waals surface area contributed by atoms with Gasteiger partial charge in [-0.3, -0.25) is 4.79 Å². The van der Waals surface area contributed by atoms with Crippen molar-refractivity contribution in [1.29, 1.82) is 0 Å². The average molecular weight is 453 g/mol. The second kappa shape index (κ2) is 9.25. The molecule has 0 bridgehead atoms. The SMILES string of the molecule is CCCCN(C)C(=O)c1ccc2c(c1)N=C(c1ccc(Cl)cc1F)c1ccccc1S2. The van der Waals surface area contributed by atoms with Gasteiger partial charge in [0.2, 0.25) is 0 Å². The molecule has 0 unspecified atom stereocenters. The van der Waals surface area contributed by atoms with E-state index in [0.717, 1.165) is 28.2 Å². The van der Waals surface area contributed by atoms with Crippen LogP contribution in [0.1, 0.15) is 41.3 Å². The molecule has 0 radical (unpaired) electrons. The molecule has 0 saturated carbocycles. The van der Waals surface area contributed by atoms with Gasteiger partial charge in [-0.15, -0.1) is 0 Å². The van der Waals surface area contributed by atoms with Gasteiger partial charge in [-0.1, -0.05) is 54.9 Å². The normalized spacial score (nSPS) is 12.5. The van der Waals surface area contributed by atoms with E-state index < -0.39 is 5.82 Å². The second-order valence-corrected chi connectivity index (χ2v) is 8.97.